The Kier molecular flexibility index (Phi) is 9.14. The first-order valence-electron chi connectivity index (χ1n) is 9.08. The topological polar surface area (TPSA) is 51.8 Å². The molecule has 0 bridgehead atoms. The molecule has 0 fully saturated rings. The summed E-state index contributed by atoms with van der Waals surface area (Å²) in [7, 11) is 0. The molecule has 0 saturated heterocycles. The highest BCUT2D eigenvalue weighted by molar-refractivity contribution is 6.30. The Morgan fingerprint density at radius 2 is 1.54 bits per heavy atom. The maximum atomic E-state index is 6.05. The second-order valence-corrected chi connectivity index (χ2v) is 8.02. The third kappa shape index (κ3) is 9.13. The van der Waals surface area contributed by atoms with Crippen LogP contribution in [-0.4, -0.2) is 9.97 Å². The molecule has 2 N–H and O–H groups in total. The van der Waals surface area contributed by atoms with Crippen LogP contribution in [0.25, 0.3) is 0 Å². The van der Waals surface area contributed by atoms with Gasteiger partial charge < -0.3 is 5.73 Å². The Morgan fingerprint density at radius 3 is 2.12 bits per heavy atom. The highest BCUT2D eigenvalue weighted by atomic mass is 35.5. The summed E-state index contributed by atoms with van der Waals surface area (Å²) in [6.45, 7) is 8.72. The van der Waals surface area contributed by atoms with Gasteiger partial charge in [-0.2, -0.15) is 0 Å². The van der Waals surface area contributed by atoms with E-state index in [0.717, 1.165) is 12.8 Å². The van der Waals surface area contributed by atoms with E-state index in [4.69, 9.17) is 17.3 Å². The molecular formula is C20H32ClN3. The normalized spacial score (nSPS) is 11.2. The summed E-state index contributed by atoms with van der Waals surface area (Å²) in [5, 5.41) is 0.350. The molecule has 1 aromatic heterocycles. The van der Waals surface area contributed by atoms with E-state index in [-0.39, 0.29) is 0 Å². The maximum Gasteiger partial charge on any atom is 0.150 e. The van der Waals surface area contributed by atoms with Crippen LogP contribution in [-0.2, 0) is 0 Å². The van der Waals surface area contributed by atoms with E-state index < -0.39 is 0 Å². The van der Waals surface area contributed by atoms with Gasteiger partial charge in [-0.1, -0.05) is 82.7 Å². The van der Waals surface area contributed by atoms with E-state index in [9.17, 15) is 0 Å². The first-order valence-corrected chi connectivity index (χ1v) is 9.46. The Balaban J connectivity index is 2.12. The molecule has 0 saturated carbocycles. The van der Waals surface area contributed by atoms with Gasteiger partial charge in [0.25, 0.3) is 0 Å². The van der Waals surface area contributed by atoms with Crippen LogP contribution in [0.15, 0.2) is 0 Å². The summed E-state index contributed by atoms with van der Waals surface area (Å²) in [5.41, 5.74) is 6.87. The number of hydrogen-bond acceptors (Lipinski definition) is 3. The molecule has 0 aliphatic carbocycles. The lowest BCUT2D eigenvalue weighted by Crippen LogP contribution is -2.03. The molecule has 0 radical (unpaired) electrons. The van der Waals surface area contributed by atoms with E-state index in [1.165, 1.54) is 44.9 Å². The maximum absolute atomic E-state index is 6.05. The largest absolute Gasteiger partial charge is 0.383 e. The number of nitrogens with two attached hydrogens (primary N) is 1. The third-order valence-electron chi connectivity index (χ3n) is 3.95. The zero-order valence-electron chi connectivity index (χ0n) is 15.7. The second kappa shape index (κ2) is 10.6. The molecule has 0 aliphatic heterocycles. The number of nitrogen functional groups attached to an aromatic ring is 1. The van der Waals surface area contributed by atoms with E-state index in [0.29, 0.717) is 27.8 Å². The van der Waals surface area contributed by atoms with Gasteiger partial charge in [0.15, 0.2) is 5.15 Å². The predicted octanol–water partition coefficient (Wildman–Crippen LogP) is 5.93. The van der Waals surface area contributed by atoms with Crippen LogP contribution in [0.4, 0.5) is 5.82 Å². The zero-order valence-corrected chi connectivity index (χ0v) is 16.5. The van der Waals surface area contributed by atoms with E-state index in [1.54, 1.807) is 6.92 Å². The van der Waals surface area contributed by atoms with Gasteiger partial charge in [-0.25, -0.2) is 9.97 Å². The molecule has 1 aromatic rings. The van der Waals surface area contributed by atoms with Crippen LogP contribution in [0, 0.1) is 24.2 Å². The molecule has 0 atom stereocenters. The smallest absolute Gasteiger partial charge is 0.150 e. The molecule has 0 unspecified atom stereocenters. The van der Waals surface area contributed by atoms with Gasteiger partial charge in [0.2, 0.25) is 0 Å². The molecule has 0 aromatic carbocycles. The van der Waals surface area contributed by atoms with Crippen molar-refractivity contribution in [2.75, 3.05) is 5.73 Å². The quantitative estimate of drug-likeness (QED) is 0.359. The van der Waals surface area contributed by atoms with Gasteiger partial charge in [-0.3, -0.25) is 0 Å². The van der Waals surface area contributed by atoms with E-state index >= 15 is 0 Å². The highest BCUT2D eigenvalue weighted by Gasteiger charge is 2.08. The van der Waals surface area contributed by atoms with Crippen LogP contribution in [0.5, 0.6) is 0 Å². The minimum atomic E-state index is 0.350. The molecule has 1 rings (SSSR count). The number of hydrogen-bond donors (Lipinski definition) is 1. The van der Waals surface area contributed by atoms with Gasteiger partial charge in [-0.15, -0.1) is 0 Å². The lowest BCUT2D eigenvalue weighted by molar-refractivity contribution is 0.356. The molecule has 0 aliphatic rings. The SMILES string of the molecule is Cc1nc(N)c(C#CCCCCCCCCCC(C)(C)C)c(Cl)n1. The molecule has 1 heterocycles. The van der Waals surface area contributed by atoms with Gasteiger partial charge in [0, 0.05) is 6.42 Å². The standard InChI is InChI=1S/C20H32ClN3/c1-16-23-18(21)17(19(22)24-16)14-12-10-8-6-5-7-9-11-13-15-20(2,3)4/h5-11,13,15H2,1-4H3,(H2,22,23,24). The van der Waals surface area contributed by atoms with Crippen molar-refractivity contribution in [1.29, 1.82) is 0 Å². The Labute approximate surface area is 152 Å². The first-order chi connectivity index (χ1) is 11.3. The first kappa shape index (κ1) is 20.8. The number of anilines is 1. The lowest BCUT2D eigenvalue weighted by atomic mass is 9.89. The summed E-state index contributed by atoms with van der Waals surface area (Å²) in [6, 6.07) is 0. The van der Waals surface area contributed by atoms with Crippen molar-refractivity contribution in [3.05, 3.63) is 16.5 Å². The summed E-state index contributed by atoms with van der Waals surface area (Å²) in [6.07, 6.45) is 11.3. The average molecular weight is 350 g/mol. The van der Waals surface area contributed by atoms with Crippen molar-refractivity contribution < 1.29 is 0 Å². The average Bonchev–Trinajstić information content (AvgIpc) is 2.45. The van der Waals surface area contributed by atoms with Gasteiger partial charge in [-0.05, 0) is 25.2 Å². The van der Waals surface area contributed by atoms with Crippen molar-refractivity contribution in [1.82, 2.24) is 9.97 Å². The number of nitrogens with zero attached hydrogens (tertiary/aromatic N) is 2. The van der Waals surface area contributed by atoms with Crippen LogP contribution >= 0.6 is 11.6 Å². The Morgan fingerprint density at radius 1 is 0.958 bits per heavy atom. The number of halogens is 1. The summed E-state index contributed by atoms with van der Waals surface area (Å²) in [5.74, 6) is 7.09. The number of aryl methyl sites for hydroxylation is 1. The van der Waals surface area contributed by atoms with E-state index in [2.05, 4.69) is 42.6 Å². The van der Waals surface area contributed by atoms with Gasteiger partial charge >= 0.3 is 0 Å². The molecule has 4 heteroatoms. The van der Waals surface area contributed by atoms with Crippen molar-refractivity contribution in [2.45, 2.75) is 85.5 Å². The molecular weight excluding hydrogens is 318 g/mol. The minimum absolute atomic E-state index is 0.350. The monoisotopic (exact) mass is 349 g/mol. The summed E-state index contributed by atoms with van der Waals surface area (Å²) < 4.78 is 0. The van der Waals surface area contributed by atoms with Gasteiger partial charge in [0.1, 0.15) is 17.2 Å². The fourth-order valence-electron chi connectivity index (χ4n) is 2.58. The molecule has 134 valence electrons. The van der Waals surface area contributed by atoms with Crippen LogP contribution in [0.1, 0.15) is 89.9 Å². The number of rotatable bonds is 8. The van der Waals surface area contributed by atoms with Crippen LogP contribution < -0.4 is 5.73 Å². The van der Waals surface area contributed by atoms with Crippen molar-refractivity contribution in [3.63, 3.8) is 0 Å². The Bertz CT molecular complexity index is 541. The lowest BCUT2D eigenvalue weighted by Gasteiger charge is -2.17. The predicted molar refractivity (Wildman–Crippen MR) is 104 cm³/mol. The molecule has 0 spiro atoms. The summed E-state index contributed by atoms with van der Waals surface area (Å²) >= 11 is 6.05. The second-order valence-electron chi connectivity index (χ2n) is 7.66. The van der Waals surface area contributed by atoms with Gasteiger partial charge in [0.05, 0.1) is 0 Å². The Hall–Kier alpha value is -1.27. The van der Waals surface area contributed by atoms with Crippen molar-refractivity contribution in [2.24, 2.45) is 5.41 Å². The number of aromatic nitrogens is 2. The van der Waals surface area contributed by atoms with E-state index in [1.807, 2.05) is 0 Å². The van der Waals surface area contributed by atoms with Crippen LogP contribution in [0.3, 0.4) is 0 Å². The van der Waals surface area contributed by atoms with Crippen LogP contribution in [0.2, 0.25) is 5.15 Å². The number of unbranched alkanes of at least 4 members (excludes halogenated alkanes) is 7. The fraction of sp³-hybridized carbons (Fsp3) is 0.700. The fourth-order valence-corrected chi connectivity index (χ4v) is 2.84. The molecule has 3 nitrogen and oxygen atoms in total. The highest BCUT2D eigenvalue weighted by Crippen LogP contribution is 2.22. The van der Waals surface area contributed by atoms with Crippen molar-refractivity contribution >= 4 is 17.4 Å². The minimum Gasteiger partial charge on any atom is -0.383 e. The third-order valence-corrected chi connectivity index (χ3v) is 4.22. The zero-order chi connectivity index (χ0) is 18.0. The molecule has 24 heavy (non-hydrogen) atoms. The summed E-state index contributed by atoms with van der Waals surface area (Å²) in [4.78, 5) is 8.18. The van der Waals surface area contributed by atoms with Crippen molar-refractivity contribution in [3.8, 4) is 11.8 Å². The molecule has 0 amide bonds.